The third-order valence-corrected chi connectivity index (χ3v) is 3.10. The van der Waals surface area contributed by atoms with Gasteiger partial charge in [-0.25, -0.2) is 0 Å². The molecule has 0 bridgehead atoms. The zero-order chi connectivity index (χ0) is 13.8. The molecule has 6 heteroatoms. The first kappa shape index (κ1) is 14.0. The first-order valence-electron chi connectivity index (χ1n) is 5.67. The summed E-state index contributed by atoms with van der Waals surface area (Å²) in [5.74, 6) is 1.47. The first-order valence-corrected chi connectivity index (χ1v) is 6.59. The van der Waals surface area contributed by atoms with E-state index in [1.807, 2.05) is 19.3 Å². The Morgan fingerprint density at radius 1 is 1.37 bits per heavy atom. The average Bonchev–Trinajstić information content (AvgIpc) is 2.81. The topological polar surface area (TPSA) is 36.3 Å². The number of methoxy groups -OCH3 is 1. The number of benzene rings is 1. The lowest BCUT2D eigenvalue weighted by molar-refractivity contribution is 0.277. The van der Waals surface area contributed by atoms with Crippen LogP contribution in [0.3, 0.4) is 0 Å². The standard InChI is InChI=1S/C13H14Cl2N2O2/c1-17-4-3-11(16-17)8-19-13-9(7-14)5-10(15)6-12(13)18-2/h3-6H,7-8H2,1-2H3. The lowest BCUT2D eigenvalue weighted by Crippen LogP contribution is -2.02. The molecule has 0 N–H and O–H groups in total. The summed E-state index contributed by atoms with van der Waals surface area (Å²) in [6.45, 7) is 0.350. The predicted octanol–water partition coefficient (Wildman–Crippen LogP) is 3.40. The van der Waals surface area contributed by atoms with Gasteiger partial charge >= 0.3 is 0 Å². The summed E-state index contributed by atoms with van der Waals surface area (Å²) in [5, 5.41) is 4.81. The van der Waals surface area contributed by atoms with Gasteiger partial charge in [-0.15, -0.1) is 11.6 Å². The molecule has 1 aromatic carbocycles. The van der Waals surface area contributed by atoms with E-state index in [2.05, 4.69) is 5.10 Å². The molecule has 0 aliphatic rings. The van der Waals surface area contributed by atoms with Crippen LogP contribution in [0.5, 0.6) is 11.5 Å². The van der Waals surface area contributed by atoms with Crippen LogP contribution in [0.4, 0.5) is 0 Å². The van der Waals surface area contributed by atoms with Crippen molar-refractivity contribution < 1.29 is 9.47 Å². The van der Waals surface area contributed by atoms with E-state index in [1.165, 1.54) is 0 Å². The number of alkyl halides is 1. The average molecular weight is 301 g/mol. The summed E-state index contributed by atoms with van der Waals surface area (Å²) in [6.07, 6.45) is 1.86. The van der Waals surface area contributed by atoms with Crippen molar-refractivity contribution in [2.24, 2.45) is 7.05 Å². The molecular formula is C13H14Cl2N2O2. The molecule has 2 aromatic rings. The van der Waals surface area contributed by atoms with Gasteiger partial charge in [0.15, 0.2) is 11.5 Å². The van der Waals surface area contributed by atoms with Gasteiger partial charge < -0.3 is 9.47 Å². The van der Waals surface area contributed by atoms with Crippen LogP contribution in [0, 0.1) is 0 Å². The van der Waals surface area contributed by atoms with E-state index < -0.39 is 0 Å². The highest BCUT2D eigenvalue weighted by Crippen LogP contribution is 2.36. The molecule has 0 radical (unpaired) electrons. The number of hydrogen-bond donors (Lipinski definition) is 0. The smallest absolute Gasteiger partial charge is 0.166 e. The van der Waals surface area contributed by atoms with Crippen molar-refractivity contribution >= 4 is 23.2 Å². The Morgan fingerprint density at radius 2 is 2.16 bits per heavy atom. The van der Waals surface area contributed by atoms with Gasteiger partial charge in [0.2, 0.25) is 0 Å². The van der Waals surface area contributed by atoms with Gasteiger partial charge in [-0.05, 0) is 12.1 Å². The van der Waals surface area contributed by atoms with Crippen molar-refractivity contribution in [1.29, 1.82) is 0 Å². The second-order valence-electron chi connectivity index (χ2n) is 4.00. The zero-order valence-corrected chi connectivity index (χ0v) is 12.2. The maximum absolute atomic E-state index is 5.99. The second kappa shape index (κ2) is 6.17. The number of hydrogen-bond acceptors (Lipinski definition) is 3. The van der Waals surface area contributed by atoms with Gasteiger partial charge in [0.05, 0.1) is 18.7 Å². The van der Waals surface area contributed by atoms with Crippen molar-refractivity contribution in [3.63, 3.8) is 0 Å². The highest BCUT2D eigenvalue weighted by Gasteiger charge is 2.13. The van der Waals surface area contributed by atoms with Gasteiger partial charge in [-0.3, -0.25) is 4.68 Å². The van der Waals surface area contributed by atoms with Crippen LogP contribution in [0.15, 0.2) is 24.4 Å². The minimum atomic E-state index is 0.300. The molecule has 4 nitrogen and oxygen atoms in total. The molecule has 19 heavy (non-hydrogen) atoms. The third kappa shape index (κ3) is 3.33. The fourth-order valence-corrected chi connectivity index (χ4v) is 2.15. The molecule has 1 heterocycles. The highest BCUT2D eigenvalue weighted by atomic mass is 35.5. The monoisotopic (exact) mass is 300 g/mol. The van der Waals surface area contributed by atoms with E-state index in [0.29, 0.717) is 29.0 Å². The van der Waals surface area contributed by atoms with Crippen LogP contribution in [0.2, 0.25) is 5.02 Å². The van der Waals surface area contributed by atoms with Crippen molar-refractivity contribution in [2.75, 3.05) is 7.11 Å². The Hall–Kier alpha value is -1.39. The quantitative estimate of drug-likeness (QED) is 0.794. The zero-order valence-electron chi connectivity index (χ0n) is 10.7. The Morgan fingerprint density at radius 3 is 2.74 bits per heavy atom. The molecule has 0 aliphatic heterocycles. The minimum Gasteiger partial charge on any atom is -0.493 e. The fraction of sp³-hybridized carbons (Fsp3) is 0.308. The van der Waals surface area contributed by atoms with Crippen LogP contribution in [-0.4, -0.2) is 16.9 Å². The second-order valence-corrected chi connectivity index (χ2v) is 4.70. The van der Waals surface area contributed by atoms with Crippen molar-refractivity contribution in [3.05, 3.63) is 40.7 Å². The summed E-state index contributed by atoms with van der Waals surface area (Å²) in [7, 11) is 3.42. The van der Waals surface area contributed by atoms with Crippen LogP contribution in [-0.2, 0) is 19.5 Å². The summed E-state index contributed by atoms with van der Waals surface area (Å²) in [4.78, 5) is 0. The molecule has 102 valence electrons. The minimum absolute atomic E-state index is 0.300. The van der Waals surface area contributed by atoms with Crippen molar-refractivity contribution in [1.82, 2.24) is 9.78 Å². The SMILES string of the molecule is COc1cc(Cl)cc(CCl)c1OCc1ccn(C)n1. The molecule has 0 saturated heterocycles. The fourth-order valence-electron chi connectivity index (χ4n) is 1.72. The number of aryl methyl sites for hydroxylation is 1. The van der Waals surface area contributed by atoms with E-state index in [0.717, 1.165) is 11.3 Å². The van der Waals surface area contributed by atoms with E-state index in [4.69, 9.17) is 32.7 Å². The Kier molecular flexibility index (Phi) is 4.56. The van der Waals surface area contributed by atoms with E-state index in [9.17, 15) is 0 Å². The molecule has 0 saturated carbocycles. The number of ether oxygens (including phenoxy) is 2. The first-order chi connectivity index (χ1) is 9.13. The predicted molar refractivity (Wildman–Crippen MR) is 75.1 cm³/mol. The van der Waals surface area contributed by atoms with E-state index in [1.54, 1.807) is 23.9 Å². The summed E-state index contributed by atoms with van der Waals surface area (Å²) in [5.41, 5.74) is 1.63. The van der Waals surface area contributed by atoms with Crippen LogP contribution in [0.25, 0.3) is 0 Å². The Balaban J connectivity index is 2.23. The molecule has 0 fully saturated rings. The lowest BCUT2D eigenvalue weighted by atomic mass is 10.2. The van der Waals surface area contributed by atoms with Crippen LogP contribution in [0.1, 0.15) is 11.3 Å². The number of rotatable bonds is 5. The van der Waals surface area contributed by atoms with Crippen molar-refractivity contribution in [2.45, 2.75) is 12.5 Å². The summed E-state index contributed by atoms with van der Waals surface area (Å²) in [6, 6.07) is 5.36. The largest absolute Gasteiger partial charge is 0.493 e. The normalized spacial score (nSPS) is 10.5. The van der Waals surface area contributed by atoms with Gasteiger partial charge in [0.1, 0.15) is 6.61 Å². The molecule has 0 amide bonds. The molecule has 0 atom stereocenters. The Bertz CT molecular complexity index is 545. The summed E-state index contributed by atoms with van der Waals surface area (Å²) < 4.78 is 12.8. The number of nitrogens with zero attached hydrogens (tertiary/aromatic N) is 2. The third-order valence-electron chi connectivity index (χ3n) is 2.59. The van der Waals surface area contributed by atoms with Crippen molar-refractivity contribution in [3.8, 4) is 11.5 Å². The van der Waals surface area contributed by atoms with Gasteiger partial charge in [0.25, 0.3) is 0 Å². The maximum Gasteiger partial charge on any atom is 0.166 e. The molecule has 0 aliphatic carbocycles. The van der Waals surface area contributed by atoms with Gasteiger partial charge in [-0.1, -0.05) is 11.6 Å². The van der Waals surface area contributed by atoms with Gasteiger partial charge in [-0.2, -0.15) is 5.10 Å². The molecule has 1 aromatic heterocycles. The van der Waals surface area contributed by atoms with Crippen LogP contribution < -0.4 is 9.47 Å². The van der Waals surface area contributed by atoms with E-state index in [-0.39, 0.29) is 0 Å². The Labute approximate surface area is 121 Å². The van der Waals surface area contributed by atoms with Gasteiger partial charge in [0, 0.05) is 29.9 Å². The molecule has 0 spiro atoms. The highest BCUT2D eigenvalue weighted by molar-refractivity contribution is 6.31. The van der Waals surface area contributed by atoms with Crippen LogP contribution >= 0.6 is 23.2 Å². The number of halogens is 2. The molecule has 0 unspecified atom stereocenters. The molecule has 2 rings (SSSR count). The summed E-state index contributed by atoms with van der Waals surface area (Å²) >= 11 is 11.9. The number of aromatic nitrogens is 2. The molecular weight excluding hydrogens is 287 g/mol. The lowest BCUT2D eigenvalue weighted by Gasteiger charge is -2.13. The maximum atomic E-state index is 5.99. The van der Waals surface area contributed by atoms with E-state index >= 15 is 0 Å².